The topological polar surface area (TPSA) is 101 Å². The first kappa shape index (κ1) is 22.7. The zero-order chi connectivity index (χ0) is 23.5. The van der Waals surface area contributed by atoms with Crippen LogP contribution in [0.5, 0.6) is 0 Å². The second-order valence-corrected chi connectivity index (χ2v) is 8.82. The molecule has 7 nitrogen and oxygen atoms in total. The monoisotopic (exact) mass is 480 g/mol. The number of nitrogen functional groups attached to an aromatic ring is 1. The van der Waals surface area contributed by atoms with Gasteiger partial charge in [0.25, 0.3) is 5.56 Å². The molecule has 4 aromatic rings. The number of fused-ring (bicyclic) bond motifs is 1. The minimum absolute atomic E-state index is 0.0531. The van der Waals surface area contributed by atoms with Crippen molar-refractivity contribution in [3.8, 4) is 0 Å². The van der Waals surface area contributed by atoms with Crippen molar-refractivity contribution in [2.24, 2.45) is 0 Å². The van der Waals surface area contributed by atoms with Crippen LogP contribution in [-0.2, 0) is 11.3 Å². The van der Waals surface area contributed by atoms with E-state index in [1.807, 2.05) is 60.7 Å². The molecule has 0 saturated heterocycles. The maximum atomic E-state index is 13.0. The van der Waals surface area contributed by atoms with Crippen LogP contribution in [0, 0.1) is 0 Å². The van der Waals surface area contributed by atoms with Gasteiger partial charge in [-0.2, -0.15) is 0 Å². The largest absolute Gasteiger partial charge is 0.383 e. The SMILES string of the molecule is CN(C(=O)CSc1cccc2cccc(Cl)c12)c1c(N)n(Cc2ccccc2)c(=O)[nH]c1=O. The van der Waals surface area contributed by atoms with Crippen LogP contribution in [-0.4, -0.2) is 28.3 Å². The van der Waals surface area contributed by atoms with Gasteiger partial charge in [-0.1, -0.05) is 66.2 Å². The summed E-state index contributed by atoms with van der Waals surface area (Å²) in [5.74, 6) is -0.356. The Morgan fingerprint density at radius 1 is 1.06 bits per heavy atom. The number of rotatable bonds is 6. The molecule has 3 aromatic carbocycles. The van der Waals surface area contributed by atoms with Gasteiger partial charge in [0, 0.05) is 22.4 Å². The van der Waals surface area contributed by atoms with Gasteiger partial charge in [-0.3, -0.25) is 19.1 Å². The lowest BCUT2D eigenvalue weighted by Crippen LogP contribution is -2.40. The Balaban J connectivity index is 1.60. The molecule has 0 radical (unpaired) electrons. The van der Waals surface area contributed by atoms with E-state index in [2.05, 4.69) is 4.98 Å². The van der Waals surface area contributed by atoms with Crippen LogP contribution in [0.3, 0.4) is 0 Å². The molecule has 0 aliphatic rings. The highest BCUT2D eigenvalue weighted by molar-refractivity contribution is 8.00. The number of carbonyl (C=O) groups is 1. The smallest absolute Gasteiger partial charge is 0.330 e. The number of carbonyl (C=O) groups excluding carboxylic acids is 1. The van der Waals surface area contributed by atoms with Crippen LogP contribution in [0.15, 0.2) is 81.2 Å². The van der Waals surface area contributed by atoms with Crippen LogP contribution >= 0.6 is 23.4 Å². The number of aromatic nitrogens is 2. The molecule has 0 bridgehead atoms. The third-order valence-electron chi connectivity index (χ3n) is 5.27. The van der Waals surface area contributed by atoms with Gasteiger partial charge >= 0.3 is 5.69 Å². The molecule has 0 atom stereocenters. The van der Waals surface area contributed by atoms with Crippen molar-refractivity contribution >= 4 is 51.5 Å². The molecule has 1 amide bonds. The Hall–Kier alpha value is -3.49. The Morgan fingerprint density at radius 2 is 1.76 bits per heavy atom. The van der Waals surface area contributed by atoms with Crippen molar-refractivity contribution in [3.05, 3.63) is 98.2 Å². The predicted molar refractivity (Wildman–Crippen MR) is 134 cm³/mol. The summed E-state index contributed by atoms with van der Waals surface area (Å²) in [7, 11) is 1.47. The fraction of sp³-hybridized carbons (Fsp3) is 0.125. The fourth-order valence-corrected chi connectivity index (χ4v) is 4.93. The average molecular weight is 481 g/mol. The number of benzene rings is 3. The summed E-state index contributed by atoms with van der Waals surface area (Å²) in [4.78, 5) is 42.2. The quantitative estimate of drug-likeness (QED) is 0.409. The van der Waals surface area contributed by atoms with Crippen molar-refractivity contribution in [1.29, 1.82) is 0 Å². The first-order valence-corrected chi connectivity index (χ1v) is 11.5. The normalized spacial score (nSPS) is 11.0. The number of H-pyrrole nitrogens is 1. The van der Waals surface area contributed by atoms with E-state index in [0.717, 1.165) is 21.2 Å². The molecule has 9 heteroatoms. The number of hydrogen-bond acceptors (Lipinski definition) is 5. The van der Waals surface area contributed by atoms with Crippen molar-refractivity contribution in [3.63, 3.8) is 0 Å². The summed E-state index contributed by atoms with van der Waals surface area (Å²) in [5, 5.41) is 2.45. The third-order valence-corrected chi connectivity index (χ3v) is 6.63. The maximum absolute atomic E-state index is 13.0. The summed E-state index contributed by atoms with van der Waals surface area (Å²) < 4.78 is 1.24. The molecular weight excluding hydrogens is 460 g/mol. The standard InChI is InChI=1S/C24H21ClN4O3S/c1-28(19(30)14-33-18-12-6-10-16-9-5-11-17(25)20(16)18)21-22(26)29(24(32)27-23(21)31)13-15-7-3-2-4-8-15/h2-12H,13-14,26H2,1H3,(H,27,31,32). The van der Waals surface area contributed by atoms with Gasteiger partial charge in [-0.15, -0.1) is 11.8 Å². The summed E-state index contributed by atoms with van der Waals surface area (Å²) in [6.07, 6.45) is 0. The Kier molecular flexibility index (Phi) is 6.57. The molecule has 0 fully saturated rings. The molecule has 4 rings (SSSR count). The predicted octanol–water partition coefficient (Wildman–Crippen LogP) is 3.73. The number of aromatic amines is 1. The van der Waals surface area contributed by atoms with Crippen LogP contribution < -0.4 is 21.9 Å². The van der Waals surface area contributed by atoms with Gasteiger partial charge in [0.05, 0.1) is 12.3 Å². The number of anilines is 2. The van der Waals surface area contributed by atoms with Crippen LogP contribution in [0.1, 0.15) is 5.56 Å². The zero-order valence-electron chi connectivity index (χ0n) is 17.7. The molecule has 0 saturated carbocycles. The average Bonchev–Trinajstić information content (AvgIpc) is 2.80. The van der Waals surface area contributed by atoms with E-state index in [4.69, 9.17) is 17.3 Å². The molecule has 33 heavy (non-hydrogen) atoms. The van der Waals surface area contributed by atoms with Crippen molar-refractivity contribution in [2.75, 3.05) is 23.4 Å². The number of nitrogens with two attached hydrogens (primary N) is 1. The van der Waals surface area contributed by atoms with E-state index in [-0.39, 0.29) is 29.7 Å². The highest BCUT2D eigenvalue weighted by atomic mass is 35.5. The maximum Gasteiger partial charge on any atom is 0.330 e. The van der Waals surface area contributed by atoms with E-state index in [9.17, 15) is 14.4 Å². The molecule has 1 heterocycles. The number of halogens is 1. The molecule has 0 aliphatic heterocycles. The lowest BCUT2D eigenvalue weighted by Gasteiger charge is -2.20. The minimum atomic E-state index is -0.712. The highest BCUT2D eigenvalue weighted by Crippen LogP contribution is 2.33. The van der Waals surface area contributed by atoms with Crippen LogP contribution in [0.25, 0.3) is 10.8 Å². The van der Waals surface area contributed by atoms with Gasteiger partial charge in [-0.25, -0.2) is 4.79 Å². The molecule has 168 valence electrons. The second kappa shape index (κ2) is 9.56. The fourth-order valence-electron chi connectivity index (χ4n) is 3.57. The first-order chi connectivity index (χ1) is 15.9. The van der Waals surface area contributed by atoms with E-state index < -0.39 is 11.2 Å². The van der Waals surface area contributed by atoms with Crippen molar-refractivity contribution in [1.82, 2.24) is 9.55 Å². The summed E-state index contributed by atoms with van der Waals surface area (Å²) in [6.45, 7) is 0.167. The zero-order valence-corrected chi connectivity index (χ0v) is 19.3. The second-order valence-electron chi connectivity index (χ2n) is 7.40. The van der Waals surface area contributed by atoms with Crippen LogP contribution in [0.2, 0.25) is 5.02 Å². The lowest BCUT2D eigenvalue weighted by molar-refractivity contribution is -0.115. The number of thioether (sulfide) groups is 1. The number of hydrogen-bond donors (Lipinski definition) is 2. The van der Waals surface area contributed by atoms with Gasteiger partial charge in [0.2, 0.25) is 5.91 Å². The van der Waals surface area contributed by atoms with Gasteiger partial charge in [0.15, 0.2) is 5.69 Å². The summed E-state index contributed by atoms with van der Waals surface area (Å²) in [5.41, 5.74) is 5.62. The highest BCUT2D eigenvalue weighted by Gasteiger charge is 2.21. The number of nitrogens with one attached hydrogen (secondary N) is 1. The summed E-state index contributed by atoms with van der Waals surface area (Å²) in [6, 6.07) is 20.6. The number of amides is 1. The Labute approximate surface area is 198 Å². The van der Waals surface area contributed by atoms with E-state index in [1.165, 1.54) is 28.3 Å². The van der Waals surface area contributed by atoms with E-state index in [0.29, 0.717) is 5.02 Å². The van der Waals surface area contributed by atoms with Gasteiger partial charge in [0.1, 0.15) is 5.82 Å². The third kappa shape index (κ3) is 4.67. The molecule has 0 aliphatic carbocycles. The van der Waals surface area contributed by atoms with Gasteiger partial charge < -0.3 is 10.6 Å². The molecule has 0 unspecified atom stereocenters. The Morgan fingerprint density at radius 3 is 2.48 bits per heavy atom. The molecule has 3 N–H and O–H groups in total. The molecule has 0 spiro atoms. The Bertz CT molecular complexity index is 1440. The van der Waals surface area contributed by atoms with Crippen LogP contribution in [0.4, 0.5) is 11.5 Å². The molecular formula is C24H21ClN4O3S. The van der Waals surface area contributed by atoms with Crippen molar-refractivity contribution in [2.45, 2.75) is 11.4 Å². The minimum Gasteiger partial charge on any atom is -0.383 e. The lowest BCUT2D eigenvalue weighted by atomic mass is 10.1. The summed E-state index contributed by atoms with van der Waals surface area (Å²) >= 11 is 7.69. The van der Waals surface area contributed by atoms with Crippen molar-refractivity contribution < 1.29 is 4.79 Å². The molecule has 1 aromatic heterocycles. The van der Waals surface area contributed by atoms with Gasteiger partial charge in [-0.05, 0) is 23.1 Å². The number of nitrogens with zero attached hydrogens (tertiary/aromatic N) is 2. The van der Waals surface area contributed by atoms with E-state index in [1.54, 1.807) is 6.07 Å². The van der Waals surface area contributed by atoms with E-state index >= 15 is 0 Å². The first-order valence-electron chi connectivity index (χ1n) is 10.1.